The first-order chi connectivity index (χ1) is 9.65. The monoisotopic (exact) mass is 265 g/mol. The standard InChI is InChI=1S/C16H15N3O/c1-11-10-19(2)15-4-3-12(9-14(11)15)16(20)18-13-5-7-17-8-6-13/h3-10H,1-2H3,(H,17,18,20). The molecule has 0 saturated heterocycles. The van der Waals surface area contributed by atoms with Crippen LogP contribution in [-0.4, -0.2) is 15.5 Å². The summed E-state index contributed by atoms with van der Waals surface area (Å²) >= 11 is 0. The van der Waals surface area contributed by atoms with E-state index in [9.17, 15) is 4.79 Å². The van der Waals surface area contributed by atoms with Gasteiger partial charge in [0.25, 0.3) is 5.91 Å². The molecule has 3 rings (SSSR count). The van der Waals surface area contributed by atoms with Crippen molar-refractivity contribution < 1.29 is 4.79 Å². The Kier molecular flexibility index (Phi) is 2.99. The van der Waals surface area contributed by atoms with Crippen LogP contribution in [0.15, 0.2) is 48.9 Å². The summed E-state index contributed by atoms with van der Waals surface area (Å²) in [5, 5.41) is 3.97. The van der Waals surface area contributed by atoms with Crippen molar-refractivity contribution in [3.63, 3.8) is 0 Å². The van der Waals surface area contributed by atoms with Crippen molar-refractivity contribution in [2.45, 2.75) is 6.92 Å². The lowest BCUT2D eigenvalue weighted by molar-refractivity contribution is 0.102. The van der Waals surface area contributed by atoms with Gasteiger partial charge in [-0.15, -0.1) is 0 Å². The Hall–Kier alpha value is -2.62. The maximum atomic E-state index is 12.2. The highest BCUT2D eigenvalue weighted by Crippen LogP contribution is 2.21. The minimum atomic E-state index is -0.110. The first-order valence-corrected chi connectivity index (χ1v) is 6.42. The van der Waals surface area contributed by atoms with Gasteiger partial charge in [-0.25, -0.2) is 0 Å². The van der Waals surface area contributed by atoms with Crippen LogP contribution in [0.2, 0.25) is 0 Å². The van der Waals surface area contributed by atoms with Gasteiger partial charge in [-0.05, 0) is 42.8 Å². The average molecular weight is 265 g/mol. The van der Waals surface area contributed by atoms with Crippen LogP contribution in [0.25, 0.3) is 10.9 Å². The van der Waals surface area contributed by atoms with E-state index in [1.807, 2.05) is 32.2 Å². The average Bonchev–Trinajstić information content (AvgIpc) is 2.75. The molecule has 0 aliphatic heterocycles. The van der Waals surface area contributed by atoms with Crippen molar-refractivity contribution in [1.82, 2.24) is 9.55 Å². The van der Waals surface area contributed by atoms with Gasteiger partial charge in [-0.2, -0.15) is 0 Å². The van der Waals surface area contributed by atoms with Gasteiger partial charge in [0.15, 0.2) is 0 Å². The number of anilines is 1. The van der Waals surface area contributed by atoms with Crippen molar-refractivity contribution in [2.24, 2.45) is 7.05 Å². The van der Waals surface area contributed by atoms with Crippen LogP contribution in [-0.2, 0) is 7.05 Å². The summed E-state index contributed by atoms with van der Waals surface area (Å²) < 4.78 is 2.06. The number of nitrogens with one attached hydrogen (secondary N) is 1. The van der Waals surface area contributed by atoms with Gasteiger partial charge in [0.2, 0.25) is 0 Å². The molecule has 0 radical (unpaired) electrons. The van der Waals surface area contributed by atoms with E-state index in [1.54, 1.807) is 24.5 Å². The summed E-state index contributed by atoms with van der Waals surface area (Å²) in [6, 6.07) is 9.29. The highest BCUT2D eigenvalue weighted by atomic mass is 16.1. The van der Waals surface area contributed by atoms with E-state index in [-0.39, 0.29) is 5.91 Å². The third kappa shape index (κ3) is 2.16. The number of rotatable bonds is 2. The molecule has 2 aromatic heterocycles. The van der Waals surface area contributed by atoms with Gasteiger partial charge in [0.1, 0.15) is 0 Å². The number of aromatic nitrogens is 2. The van der Waals surface area contributed by atoms with Crippen molar-refractivity contribution in [1.29, 1.82) is 0 Å². The number of hydrogen-bond donors (Lipinski definition) is 1. The molecule has 0 saturated carbocycles. The lowest BCUT2D eigenvalue weighted by Crippen LogP contribution is -2.11. The molecule has 3 aromatic rings. The Morgan fingerprint density at radius 2 is 1.95 bits per heavy atom. The van der Waals surface area contributed by atoms with Gasteiger partial charge < -0.3 is 9.88 Å². The SMILES string of the molecule is Cc1cn(C)c2ccc(C(=O)Nc3ccncc3)cc12. The molecule has 4 nitrogen and oxygen atoms in total. The maximum absolute atomic E-state index is 12.2. The predicted octanol–water partition coefficient (Wildman–Crippen LogP) is 3.13. The van der Waals surface area contributed by atoms with Crippen molar-refractivity contribution in [3.8, 4) is 0 Å². The topological polar surface area (TPSA) is 46.9 Å². The molecule has 0 aliphatic carbocycles. The molecule has 100 valence electrons. The molecule has 1 amide bonds. The Labute approximate surface area is 117 Å². The minimum absolute atomic E-state index is 0.110. The third-order valence-corrected chi connectivity index (χ3v) is 3.39. The Balaban J connectivity index is 1.94. The largest absolute Gasteiger partial charge is 0.350 e. The molecular formula is C16H15N3O. The van der Waals surface area contributed by atoms with Gasteiger partial charge in [0, 0.05) is 47.8 Å². The fourth-order valence-electron chi connectivity index (χ4n) is 2.37. The van der Waals surface area contributed by atoms with E-state index >= 15 is 0 Å². The summed E-state index contributed by atoms with van der Waals surface area (Å²) in [6.45, 7) is 2.05. The zero-order valence-corrected chi connectivity index (χ0v) is 11.4. The summed E-state index contributed by atoms with van der Waals surface area (Å²) in [6.07, 6.45) is 5.37. The molecule has 0 spiro atoms. The normalized spacial score (nSPS) is 10.7. The summed E-state index contributed by atoms with van der Waals surface area (Å²) in [7, 11) is 2.01. The van der Waals surface area contributed by atoms with Gasteiger partial charge in [-0.3, -0.25) is 9.78 Å². The number of hydrogen-bond acceptors (Lipinski definition) is 2. The first-order valence-electron chi connectivity index (χ1n) is 6.42. The van der Waals surface area contributed by atoms with Crippen LogP contribution >= 0.6 is 0 Å². The predicted molar refractivity (Wildman–Crippen MR) is 79.8 cm³/mol. The molecule has 1 N–H and O–H groups in total. The molecule has 0 atom stereocenters. The van der Waals surface area contributed by atoms with Crippen LogP contribution in [0.4, 0.5) is 5.69 Å². The molecule has 1 aromatic carbocycles. The molecule has 2 heterocycles. The lowest BCUT2D eigenvalue weighted by atomic mass is 10.1. The van der Waals surface area contributed by atoms with E-state index in [1.165, 1.54) is 5.56 Å². The van der Waals surface area contributed by atoms with Crippen LogP contribution in [0.5, 0.6) is 0 Å². The molecule has 0 bridgehead atoms. The number of carbonyl (C=O) groups excluding carboxylic acids is 1. The lowest BCUT2D eigenvalue weighted by Gasteiger charge is -2.05. The van der Waals surface area contributed by atoms with E-state index in [0.29, 0.717) is 5.56 Å². The highest BCUT2D eigenvalue weighted by Gasteiger charge is 2.09. The molecule has 0 unspecified atom stereocenters. The molecule has 20 heavy (non-hydrogen) atoms. The fourth-order valence-corrected chi connectivity index (χ4v) is 2.37. The summed E-state index contributed by atoms with van der Waals surface area (Å²) in [5.74, 6) is -0.110. The number of amides is 1. The van der Waals surface area contributed by atoms with E-state index in [2.05, 4.69) is 21.1 Å². The van der Waals surface area contributed by atoms with Crippen LogP contribution in [0.3, 0.4) is 0 Å². The van der Waals surface area contributed by atoms with Crippen LogP contribution in [0.1, 0.15) is 15.9 Å². The molecule has 0 aliphatic rings. The third-order valence-electron chi connectivity index (χ3n) is 3.39. The second-order valence-electron chi connectivity index (χ2n) is 4.84. The highest BCUT2D eigenvalue weighted by molar-refractivity contribution is 6.06. The van der Waals surface area contributed by atoms with Crippen molar-refractivity contribution in [2.75, 3.05) is 5.32 Å². The van der Waals surface area contributed by atoms with Gasteiger partial charge in [-0.1, -0.05) is 0 Å². The van der Waals surface area contributed by atoms with Crippen molar-refractivity contribution in [3.05, 3.63) is 60.0 Å². The number of aryl methyl sites for hydroxylation is 2. The van der Waals surface area contributed by atoms with Crippen LogP contribution < -0.4 is 5.32 Å². The first kappa shape index (κ1) is 12.4. The maximum Gasteiger partial charge on any atom is 0.255 e. The van der Waals surface area contributed by atoms with Crippen molar-refractivity contribution >= 4 is 22.5 Å². The zero-order valence-electron chi connectivity index (χ0n) is 11.4. The van der Waals surface area contributed by atoms with E-state index in [0.717, 1.165) is 16.6 Å². The number of nitrogens with zero attached hydrogens (tertiary/aromatic N) is 2. The van der Waals surface area contributed by atoms with Gasteiger partial charge in [0.05, 0.1) is 0 Å². The second kappa shape index (κ2) is 4.81. The van der Waals surface area contributed by atoms with Gasteiger partial charge >= 0.3 is 0 Å². The molecule has 4 heteroatoms. The number of fused-ring (bicyclic) bond motifs is 1. The summed E-state index contributed by atoms with van der Waals surface area (Å²) in [5.41, 5.74) is 3.70. The summed E-state index contributed by atoms with van der Waals surface area (Å²) in [4.78, 5) is 16.2. The molecular weight excluding hydrogens is 250 g/mol. The number of carbonyl (C=O) groups is 1. The Bertz CT molecular complexity index is 775. The second-order valence-corrected chi connectivity index (χ2v) is 4.84. The van der Waals surface area contributed by atoms with E-state index < -0.39 is 0 Å². The smallest absolute Gasteiger partial charge is 0.255 e. The molecule has 0 fully saturated rings. The Morgan fingerprint density at radius 1 is 1.20 bits per heavy atom. The number of pyridine rings is 1. The minimum Gasteiger partial charge on any atom is -0.350 e. The Morgan fingerprint density at radius 3 is 2.70 bits per heavy atom. The number of benzene rings is 1. The fraction of sp³-hybridized carbons (Fsp3) is 0.125. The van der Waals surface area contributed by atoms with E-state index in [4.69, 9.17) is 0 Å². The zero-order chi connectivity index (χ0) is 14.1. The quantitative estimate of drug-likeness (QED) is 0.773. The van der Waals surface area contributed by atoms with Crippen LogP contribution in [0, 0.1) is 6.92 Å².